The van der Waals surface area contributed by atoms with Crippen molar-refractivity contribution in [2.75, 3.05) is 0 Å². The van der Waals surface area contributed by atoms with Gasteiger partial charge in [0.1, 0.15) is 0 Å². The molecule has 0 unspecified atom stereocenters. The monoisotopic (exact) mass is 172 g/mol. The highest BCUT2D eigenvalue weighted by atomic mass is 16.4. The van der Waals surface area contributed by atoms with Gasteiger partial charge in [-0.25, -0.2) is 0 Å². The minimum atomic E-state index is -0.933. The zero-order chi connectivity index (χ0) is 9.72. The number of hydrogen-bond donors (Lipinski definition) is 2. The van der Waals surface area contributed by atoms with Gasteiger partial charge in [-0.15, -0.1) is 0 Å². The summed E-state index contributed by atoms with van der Waals surface area (Å²) in [6.45, 7) is 3.26. The Kier molecular flexibility index (Phi) is 4.04. The van der Waals surface area contributed by atoms with E-state index >= 15 is 0 Å². The van der Waals surface area contributed by atoms with Crippen molar-refractivity contribution < 1.29 is 19.8 Å². The van der Waals surface area contributed by atoms with E-state index in [1.807, 2.05) is 0 Å². The molecule has 0 aromatic carbocycles. The molecule has 0 rings (SSSR count). The lowest BCUT2D eigenvalue weighted by Gasteiger charge is -2.01. The van der Waals surface area contributed by atoms with E-state index in [1.165, 1.54) is 0 Å². The fourth-order valence-electron chi connectivity index (χ4n) is 0.755. The molecule has 0 atom stereocenters. The Morgan fingerprint density at radius 1 is 0.917 bits per heavy atom. The van der Waals surface area contributed by atoms with Crippen LogP contribution in [0.2, 0.25) is 0 Å². The van der Waals surface area contributed by atoms with Crippen molar-refractivity contribution in [3.8, 4) is 0 Å². The molecule has 0 aromatic rings. The van der Waals surface area contributed by atoms with E-state index in [-0.39, 0.29) is 12.8 Å². The lowest BCUT2D eigenvalue weighted by Crippen LogP contribution is -2.01. The zero-order valence-corrected chi connectivity index (χ0v) is 7.13. The average Bonchev–Trinajstić information content (AvgIpc) is 1.84. The van der Waals surface area contributed by atoms with Crippen molar-refractivity contribution >= 4 is 11.9 Å². The second kappa shape index (κ2) is 4.54. The molecule has 0 aromatic heterocycles. The highest BCUT2D eigenvalue weighted by Gasteiger charge is 2.05. The summed E-state index contributed by atoms with van der Waals surface area (Å²) in [5.74, 6) is -1.87. The third kappa shape index (κ3) is 4.49. The predicted molar refractivity (Wildman–Crippen MR) is 42.9 cm³/mol. The lowest BCUT2D eigenvalue weighted by molar-refractivity contribution is -0.137. The van der Waals surface area contributed by atoms with Crippen LogP contribution >= 0.6 is 0 Å². The van der Waals surface area contributed by atoms with Crippen LogP contribution in [0.15, 0.2) is 11.1 Å². The summed E-state index contributed by atoms with van der Waals surface area (Å²) >= 11 is 0. The standard InChI is InChI=1S/C8H12O4/c1-5(3-7(9)10)6(2)4-8(11)12/h3-4H2,1-2H3,(H,9,10)(H,11,12). The van der Waals surface area contributed by atoms with Crippen molar-refractivity contribution in [2.45, 2.75) is 26.7 Å². The summed E-state index contributed by atoms with van der Waals surface area (Å²) in [6, 6.07) is 0. The third-order valence-electron chi connectivity index (χ3n) is 1.56. The number of aliphatic carboxylic acids is 2. The SMILES string of the molecule is CC(CC(=O)O)=C(C)CC(=O)O. The van der Waals surface area contributed by atoms with Crippen LogP contribution < -0.4 is 0 Å². The van der Waals surface area contributed by atoms with Crippen LogP contribution in [0.25, 0.3) is 0 Å². The number of hydrogen-bond acceptors (Lipinski definition) is 2. The Hall–Kier alpha value is -1.32. The van der Waals surface area contributed by atoms with Gasteiger partial charge in [0, 0.05) is 0 Å². The molecule has 0 aliphatic rings. The Morgan fingerprint density at radius 2 is 1.17 bits per heavy atom. The molecule has 0 amide bonds. The van der Waals surface area contributed by atoms with Crippen molar-refractivity contribution in [1.29, 1.82) is 0 Å². The summed E-state index contributed by atoms with van der Waals surface area (Å²) in [7, 11) is 0. The first kappa shape index (κ1) is 10.7. The minimum absolute atomic E-state index is 0.0842. The van der Waals surface area contributed by atoms with Gasteiger partial charge in [-0.3, -0.25) is 9.59 Å². The first-order chi connectivity index (χ1) is 5.43. The van der Waals surface area contributed by atoms with Crippen LogP contribution in [0.3, 0.4) is 0 Å². The molecule has 4 nitrogen and oxygen atoms in total. The minimum Gasteiger partial charge on any atom is -0.481 e. The number of carboxylic acids is 2. The Labute approximate surface area is 70.5 Å². The maximum Gasteiger partial charge on any atom is 0.307 e. The molecule has 0 saturated carbocycles. The van der Waals surface area contributed by atoms with E-state index < -0.39 is 11.9 Å². The third-order valence-corrected chi connectivity index (χ3v) is 1.56. The molecule has 0 bridgehead atoms. The van der Waals surface area contributed by atoms with E-state index in [0.717, 1.165) is 0 Å². The average molecular weight is 172 g/mol. The summed E-state index contributed by atoms with van der Waals surface area (Å²) in [6.07, 6.45) is -0.168. The zero-order valence-electron chi connectivity index (χ0n) is 7.13. The first-order valence-corrected chi connectivity index (χ1v) is 3.52. The fraction of sp³-hybridized carbons (Fsp3) is 0.500. The van der Waals surface area contributed by atoms with Crippen LogP contribution in [-0.2, 0) is 9.59 Å². The van der Waals surface area contributed by atoms with Crippen LogP contribution in [0, 0.1) is 0 Å². The number of rotatable bonds is 4. The summed E-state index contributed by atoms with van der Waals surface area (Å²) in [4.78, 5) is 20.4. The molecule has 0 saturated heterocycles. The number of carboxylic acid groups (broad SMARTS) is 2. The molecule has 12 heavy (non-hydrogen) atoms. The van der Waals surface area contributed by atoms with Gasteiger partial charge in [0.2, 0.25) is 0 Å². The van der Waals surface area contributed by atoms with Crippen molar-refractivity contribution in [3.05, 3.63) is 11.1 Å². The maximum atomic E-state index is 10.2. The summed E-state index contributed by atoms with van der Waals surface area (Å²) < 4.78 is 0. The van der Waals surface area contributed by atoms with Gasteiger partial charge in [-0.2, -0.15) is 0 Å². The molecule has 0 fully saturated rings. The maximum absolute atomic E-state index is 10.2. The van der Waals surface area contributed by atoms with Crippen molar-refractivity contribution in [2.24, 2.45) is 0 Å². The molecular weight excluding hydrogens is 160 g/mol. The Morgan fingerprint density at radius 3 is 1.33 bits per heavy atom. The van der Waals surface area contributed by atoms with E-state index in [9.17, 15) is 9.59 Å². The molecule has 68 valence electrons. The van der Waals surface area contributed by atoms with Gasteiger partial charge in [-0.05, 0) is 13.8 Å². The van der Waals surface area contributed by atoms with E-state index in [1.54, 1.807) is 13.8 Å². The highest BCUT2D eigenvalue weighted by molar-refractivity contribution is 5.72. The van der Waals surface area contributed by atoms with Gasteiger partial charge < -0.3 is 10.2 Å². The Balaban J connectivity index is 4.25. The van der Waals surface area contributed by atoms with Crippen LogP contribution in [0.1, 0.15) is 26.7 Å². The van der Waals surface area contributed by atoms with Crippen LogP contribution in [0.5, 0.6) is 0 Å². The van der Waals surface area contributed by atoms with Crippen molar-refractivity contribution in [3.63, 3.8) is 0 Å². The van der Waals surface area contributed by atoms with E-state index in [2.05, 4.69) is 0 Å². The quantitative estimate of drug-likeness (QED) is 0.626. The fourth-order valence-corrected chi connectivity index (χ4v) is 0.755. The van der Waals surface area contributed by atoms with Gasteiger partial charge in [0.05, 0.1) is 12.8 Å². The molecule has 4 heteroatoms. The van der Waals surface area contributed by atoms with Gasteiger partial charge >= 0.3 is 11.9 Å². The van der Waals surface area contributed by atoms with Crippen molar-refractivity contribution in [1.82, 2.24) is 0 Å². The van der Waals surface area contributed by atoms with E-state index in [0.29, 0.717) is 11.1 Å². The summed E-state index contributed by atoms with van der Waals surface area (Å²) in [5.41, 5.74) is 1.23. The normalized spacial score (nSPS) is 12.2. The topological polar surface area (TPSA) is 74.6 Å². The largest absolute Gasteiger partial charge is 0.481 e. The first-order valence-electron chi connectivity index (χ1n) is 3.52. The molecule has 0 radical (unpaired) electrons. The van der Waals surface area contributed by atoms with E-state index in [4.69, 9.17) is 10.2 Å². The smallest absolute Gasteiger partial charge is 0.307 e. The van der Waals surface area contributed by atoms with Crippen LogP contribution in [0.4, 0.5) is 0 Å². The highest BCUT2D eigenvalue weighted by Crippen LogP contribution is 2.10. The second-order valence-corrected chi connectivity index (χ2v) is 2.70. The Bertz CT molecular complexity index is 203. The lowest BCUT2D eigenvalue weighted by atomic mass is 10.1. The predicted octanol–water partition coefficient (Wildman–Crippen LogP) is 1.27. The summed E-state index contributed by atoms with van der Waals surface area (Å²) in [5, 5.41) is 16.8. The molecular formula is C8H12O4. The molecule has 0 spiro atoms. The van der Waals surface area contributed by atoms with Gasteiger partial charge in [0.25, 0.3) is 0 Å². The number of carbonyl (C=O) groups is 2. The van der Waals surface area contributed by atoms with Gasteiger partial charge in [0.15, 0.2) is 0 Å². The molecule has 2 N–H and O–H groups in total. The molecule has 0 aliphatic heterocycles. The second-order valence-electron chi connectivity index (χ2n) is 2.70. The molecule has 0 aliphatic carbocycles. The van der Waals surface area contributed by atoms with Gasteiger partial charge in [-0.1, -0.05) is 11.1 Å². The van der Waals surface area contributed by atoms with Crippen LogP contribution in [-0.4, -0.2) is 22.2 Å². The molecule has 0 heterocycles.